The van der Waals surface area contributed by atoms with Gasteiger partial charge in [-0.3, -0.25) is 9.48 Å². The number of rotatable bonds is 7. The summed E-state index contributed by atoms with van der Waals surface area (Å²) in [7, 11) is 1.27. The van der Waals surface area contributed by atoms with Crippen molar-refractivity contribution in [1.82, 2.24) is 9.78 Å². The van der Waals surface area contributed by atoms with Gasteiger partial charge in [0.1, 0.15) is 5.75 Å². The number of carbonyl (C=O) groups excluding carboxylic acids is 2. The minimum Gasteiger partial charge on any atom is -0.484 e. The first kappa shape index (κ1) is 20.6. The van der Waals surface area contributed by atoms with Crippen molar-refractivity contribution in [3.05, 3.63) is 76.5 Å². The van der Waals surface area contributed by atoms with Gasteiger partial charge in [0, 0.05) is 4.47 Å². The third-order valence-corrected chi connectivity index (χ3v) is 4.78. The van der Waals surface area contributed by atoms with Gasteiger partial charge in [-0.05, 0) is 36.8 Å². The minimum absolute atomic E-state index is 0.0345. The molecular formula is C21H20BrN3O4. The Bertz CT molecular complexity index is 987. The number of ether oxygens (including phenoxy) is 2. The van der Waals surface area contributed by atoms with E-state index in [1.54, 1.807) is 23.0 Å². The summed E-state index contributed by atoms with van der Waals surface area (Å²) < 4.78 is 12.8. The van der Waals surface area contributed by atoms with E-state index in [4.69, 9.17) is 9.47 Å². The van der Waals surface area contributed by atoms with Crippen LogP contribution in [-0.4, -0.2) is 35.4 Å². The zero-order chi connectivity index (χ0) is 20.8. The molecule has 1 N–H and O–H groups in total. The van der Waals surface area contributed by atoms with Crippen LogP contribution in [0.5, 0.6) is 5.75 Å². The number of halogens is 1. The Morgan fingerprint density at radius 3 is 2.48 bits per heavy atom. The molecule has 0 aliphatic carbocycles. The number of carbonyl (C=O) groups is 2. The highest BCUT2D eigenvalue weighted by Gasteiger charge is 2.21. The SMILES string of the molecule is COC(=O)c1nn(C(C)c2ccccc2)cc1NC(=O)COc1ccc(Br)cc1. The topological polar surface area (TPSA) is 82.5 Å². The van der Waals surface area contributed by atoms with Crippen LogP contribution in [0.1, 0.15) is 29.0 Å². The lowest BCUT2D eigenvalue weighted by atomic mass is 10.1. The van der Waals surface area contributed by atoms with E-state index in [1.165, 1.54) is 7.11 Å². The number of methoxy groups -OCH3 is 1. The van der Waals surface area contributed by atoms with Crippen molar-refractivity contribution in [3.8, 4) is 5.75 Å². The first-order valence-corrected chi connectivity index (χ1v) is 9.68. The smallest absolute Gasteiger partial charge is 0.360 e. The van der Waals surface area contributed by atoms with Crippen molar-refractivity contribution in [2.75, 3.05) is 19.0 Å². The third-order valence-electron chi connectivity index (χ3n) is 4.25. The van der Waals surface area contributed by atoms with Crippen molar-refractivity contribution >= 4 is 33.5 Å². The molecule has 0 bridgehead atoms. The number of anilines is 1. The molecule has 1 atom stereocenters. The highest BCUT2D eigenvalue weighted by molar-refractivity contribution is 9.10. The zero-order valence-electron chi connectivity index (χ0n) is 16.0. The molecule has 2 aromatic carbocycles. The second-order valence-electron chi connectivity index (χ2n) is 6.24. The predicted octanol–water partition coefficient (Wildman–Crippen LogP) is 4.06. The fraction of sp³-hybridized carbons (Fsp3) is 0.190. The van der Waals surface area contributed by atoms with Crippen molar-refractivity contribution in [2.45, 2.75) is 13.0 Å². The average Bonchev–Trinajstić information content (AvgIpc) is 3.16. The highest BCUT2D eigenvalue weighted by Crippen LogP contribution is 2.22. The largest absolute Gasteiger partial charge is 0.484 e. The van der Waals surface area contributed by atoms with E-state index in [1.807, 2.05) is 49.4 Å². The van der Waals surface area contributed by atoms with Crippen molar-refractivity contribution in [2.24, 2.45) is 0 Å². The van der Waals surface area contributed by atoms with E-state index >= 15 is 0 Å². The molecule has 3 aromatic rings. The Labute approximate surface area is 176 Å². The number of benzene rings is 2. The molecule has 3 rings (SSSR count). The van der Waals surface area contributed by atoms with Gasteiger partial charge in [-0.1, -0.05) is 46.3 Å². The fourth-order valence-electron chi connectivity index (χ4n) is 2.68. The van der Waals surface area contributed by atoms with E-state index in [0.717, 1.165) is 10.0 Å². The normalized spacial score (nSPS) is 11.6. The van der Waals surface area contributed by atoms with E-state index < -0.39 is 11.9 Å². The highest BCUT2D eigenvalue weighted by atomic mass is 79.9. The van der Waals surface area contributed by atoms with Crippen molar-refractivity contribution in [1.29, 1.82) is 0 Å². The number of nitrogens with zero attached hydrogens (tertiary/aromatic N) is 2. The van der Waals surface area contributed by atoms with E-state index in [9.17, 15) is 9.59 Å². The van der Waals surface area contributed by atoms with Crippen LogP contribution in [0, 0.1) is 0 Å². The van der Waals surface area contributed by atoms with Crippen molar-refractivity contribution < 1.29 is 19.1 Å². The van der Waals surface area contributed by atoms with Crippen molar-refractivity contribution in [3.63, 3.8) is 0 Å². The molecule has 0 spiro atoms. The lowest BCUT2D eigenvalue weighted by Crippen LogP contribution is -2.21. The summed E-state index contributed by atoms with van der Waals surface area (Å²) in [5, 5.41) is 7.00. The zero-order valence-corrected chi connectivity index (χ0v) is 17.5. The Morgan fingerprint density at radius 2 is 1.83 bits per heavy atom. The summed E-state index contributed by atoms with van der Waals surface area (Å²) in [5.74, 6) is -0.483. The minimum atomic E-state index is -0.631. The quantitative estimate of drug-likeness (QED) is 0.540. The summed E-state index contributed by atoms with van der Waals surface area (Å²) in [6.45, 7) is 1.74. The number of nitrogens with one attached hydrogen (secondary N) is 1. The van der Waals surface area contributed by atoms with Gasteiger partial charge in [0.2, 0.25) is 0 Å². The Hall–Kier alpha value is -3.13. The summed E-state index contributed by atoms with van der Waals surface area (Å²) in [6, 6.07) is 16.7. The van der Waals surface area contributed by atoms with Crippen LogP contribution in [0.15, 0.2) is 65.3 Å². The van der Waals surface area contributed by atoms with Gasteiger partial charge in [0.25, 0.3) is 5.91 Å². The van der Waals surface area contributed by atoms with Gasteiger partial charge in [0.05, 0.1) is 25.0 Å². The van der Waals surface area contributed by atoms with Crippen LogP contribution in [-0.2, 0) is 9.53 Å². The van der Waals surface area contributed by atoms with Gasteiger partial charge in [-0.2, -0.15) is 5.10 Å². The van der Waals surface area contributed by atoms with Crippen LogP contribution in [0.4, 0.5) is 5.69 Å². The summed E-state index contributed by atoms with van der Waals surface area (Å²) in [6.07, 6.45) is 1.61. The molecule has 0 saturated heterocycles. The van der Waals surface area contributed by atoms with E-state index in [-0.39, 0.29) is 24.0 Å². The van der Waals surface area contributed by atoms with Gasteiger partial charge < -0.3 is 14.8 Å². The Morgan fingerprint density at radius 1 is 1.14 bits per heavy atom. The fourth-order valence-corrected chi connectivity index (χ4v) is 2.94. The second-order valence-corrected chi connectivity index (χ2v) is 7.16. The molecule has 8 heteroatoms. The summed E-state index contributed by atoms with van der Waals surface area (Å²) in [4.78, 5) is 24.4. The van der Waals surface area contributed by atoms with Gasteiger partial charge in [0.15, 0.2) is 12.3 Å². The van der Waals surface area contributed by atoms with Gasteiger partial charge in [-0.15, -0.1) is 0 Å². The molecule has 1 aromatic heterocycles. The number of hydrogen-bond acceptors (Lipinski definition) is 5. The maximum Gasteiger partial charge on any atom is 0.360 e. The number of aromatic nitrogens is 2. The molecule has 0 fully saturated rings. The number of esters is 1. The second kappa shape index (κ2) is 9.38. The molecule has 0 aliphatic heterocycles. The lowest BCUT2D eigenvalue weighted by molar-refractivity contribution is -0.118. The molecular weight excluding hydrogens is 438 g/mol. The molecule has 0 radical (unpaired) electrons. The maximum atomic E-state index is 12.3. The first-order chi connectivity index (χ1) is 14.0. The van der Waals surface area contributed by atoms with Crippen LogP contribution in [0.25, 0.3) is 0 Å². The Balaban J connectivity index is 1.74. The molecule has 1 heterocycles. The maximum absolute atomic E-state index is 12.3. The predicted molar refractivity (Wildman–Crippen MR) is 112 cm³/mol. The molecule has 150 valence electrons. The average molecular weight is 458 g/mol. The molecule has 29 heavy (non-hydrogen) atoms. The molecule has 0 aliphatic rings. The molecule has 7 nitrogen and oxygen atoms in total. The molecule has 0 saturated carbocycles. The Kier molecular flexibility index (Phi) is 6.66. The molecule has 1 amide bonds. The van der Waals surface area contributed by atoms with Crippen LogP contribution in [0.2, 0.25) is 0 Å². The van der Waals surface area contributed by atoms with E-state index in [0.29, 0.717) is 5.75 Å². The summed E-state index contributed by atoms with van der Waals surface area (Å²) >= 11 is 3.34. The van der Waals surface area contributed by atoms with Gasteiger partial charge in [-0.25, -0.2) is 4.79 Å². The number of hydrogen-bond donors (Lipinski definition) is 1. The monoisotopic (exact) mass is 457 g/mol. The summed E-state index contributed by atoms with van der Waals surface area (Å²) in [5.41, 5.74) is 1.32. The lowest BCUT2D eigenvalue weighted by Gasteiger charge is -2.12. The van der Waals surface area contributed by atoms with Crippen LogP contribution in [0.3, 0.4) is 0 Å². The molecule has 1 unspecified atom stereocenters. The van der Waals surface area contributed by atoms with Crippen LogP contribution < -0.4 is 10.1 Å². The number of amides is 1. The third kappa shape index (κ3) is 5.23. The van der Waals surface area contributed by atoms with Gasteiger partial charge >= 0.3 is 5.97 Å². The van der Waals surface area contributed by atoms with E-state index in [2.05, 4.69) is 26.3 Å². The first-order valence-electron chi connectivity index (χ1n) is 8.88. The standard InChI is InChI=1S/C21H20BrN3O4/c1-14(15-6-4-3-5-7-15)25-12-18(20(24-25)21(27)28-2)23-19(26)13-29-17-10-8-16(22)9-11-17/h3-12,14H,13H2,1-2H3,(H,23,26). The van der Waals surface area contributed by atoms with Crippen LogP contribution >= 0.6 is 15.9 Å².